The van der Waals surface area contributed by atoms with Crippen LogP contribution in [0.5, 0.6) is 0 Å². The normalized spacial score (nSPS) is 16.4. The van der Waals surface area contributed by atoms with Gasteiger partial charge in [-0.3, -0.25) is 0 Å². The van der Waals surface area contributed by atoms with Crippen molar-refractivity contribution in [2.45, 2.75) is 31.1 Å². The Bertz CT molecular complexity index is 602. The molecule has 20 heavy (non-hydrogen) atoms. The van der Waals surface area contributed by atoms with Crippen LogP contribution < -0.4 is 11.1 Å². The topological polar surface area (TPSA) is 53.8 Å². The second kappa shape index (κ2) is 5.30. The van der Waals surface area contributed by atoms with E-state index in [-0.39, 0.29) is 5.34 Å². The first-order chi connectivity index (χ1) is 9.58. The molecule has 1 aliphatic carbocycles. The van der Waals surface area contributed by atoms with Crippen LogP contribution in [0, 0.1) is 5.92 Å². The number of hydrogen-bond acceptors (Lipinski definition) is 2. The summed E-state index contributed by atoms with van der Waals surface area (Å²) in [6.45, 7) is 1.71. The van der Waals surface area contributed by atoms with Gasteiger partial charge in [-0.2, -0.15) is 0 Å². The third-order valence-electron chi connectivity index (χ3n) is 4.65. The van der Waals surface area contributed by atoms with Gasteiger partial charge >= 0.3 is 0 Å². The van der Waals surface area contributed by atoms with E-state index >= 15 is 0 Å². The quantitative estimate of drug-likeness (QED) is 0.686. The zero-order valence-electron chi connectivity index (χ0n) is 12.5. The molecule has 0 amide bonds. The number of aromatic amines is 1. The van der Waals surface area contributed by atoms with Gasteiger partial charge in [-0.15, -0.1) is 0 Å². The molecule has 4 N–H and O–H groups in total. The molecule has 1 aromatic heterocycles. The van der Waals surface area contributed by atoms with Crippen LogP contribution in [0.1, 0.15) is 30.5 Å². The minimum Gasteiger partial charge on any atom is -0.358 e. The second-order valence-corrected chi connectivity index (χ2v) is 6.61. The van der Waals surface area contributed by atoms with Crippen molar-refractivity contribution in [3.8, 4) is 0 Å². The van der Waals surface area contributed by atoms with Crippen molar-refractivity contribution in [1.82, 2.24) is 10.3 Å². The van der Waals surface area contributed by atoms with E-state index in [0.29, 0.717) is 6.54 Å². The van der Waals surface area contributed by atoms with Crippen LogP contribution in [0.3, 0.4) is 0 Å². The largest absolute Gasteiger partial charge is 0.358 e. The first kappa shape index (κ1) is 13.8. The fraction of sp³-hybridized carbons (Fsp3) is 0.467. The maximum Gasteiger partial charge on any atom is 0.124 e. The summed E-state index contributed by atoms with van der Waals surface area (Å²) in [6, 6.07) is 8.67. The maximum atomic E-state index is 5.71. The molecule has 1 fully saturated rings. The Balaban J connectivity index is 1.80. The third kappa shape index (κ3) is 2.65. The van der Waals surface area contributed by atoms with Gasteiger partial charge in [0.2, 0.25) is 0 Å². The van der Waals surface area contributed by atoms with Crippen LogP contribution in [0.25, 0.3) is 10.9 Å². The molecular formula is C15H23B2N3. The fourth-order valence-corrected chi connectivity index (χ4v) is 2.83. The Hall–Kier alpha value is -1.19. The molecule has 5 heteroatoms. The highest BCUT2D eigenvalue weighted by molar-refractivity contribution is 6.39. The summed E-state index contributed by atoms with van der Waals surface area (Å²) in [5.41, 5.74) is 9.32. The number of nitrogens with one attached hydrogen (secondary N) is 2. The number of H-pyrrole nitrogens is 1. The van der Waals surface area contributed by atoms with Gasteiger partial charge in [0.25, 0.3) is 0 Å². The molecule has 0 saturated heterocycles. The van der Waals surface area contributed by atoms with E-state index in [4.69, 9.17) is 5.73 Å². The lowest BCUT2D eigenvalue weighted by atomic mass is 9.59. The van der Waals surface area contributed by atoms with Crippen molar-refractivity contribution in [2.24, 2.45) is 11.7 Å². The van der Waals surface area contributed by atoms with Crippen molar-refractivity contribution in [1.29, 1.82) is 0 Å². The summed E-state index contributed by atoms with van der Waals surface area (Å²) in [6.07, 6.45) is 4.17. The Morgan fingerprint density at radius 2 is 2.10 bits per heavy atom. The lowest BCUT2D eigenvalue weighted by molar-refractivity contribution is 0.294. The van der Waals surface area contributed by atoms with Crippen LogP contribution in [0.2, 0.25) is 0 Å². The van der Waals surface area contributed by atoms with Gasteiger partial charge in [-0.1, -0.05) is 18.6 Å². The zero-order valence-corrected chi connectivity index (χ0v) is 12.5. The molecular weight excluding hydrogens is 244 g/mol. The Morgan fingerprint density at radius 3 is 2.75 bits per heavy atom. The summed E-state index contributed by atoms with van der Waals surface area (Å²) in [5.74, 6) is 0.877. The number of hydrogen-bond donors (Lipinski definition) is 3. The smallest absolute Gasteiger partial charge is 0.124 e. The average Bonchev–Trinajstić information content (AvgIpc) is 2.80. The van der Waals surface area contributed by atoms with Crippen LogP contribution in [-0.4, -0.2) is 27.2 Å². The SMILES string of the molecule is BC(B)(NCC1CCC1)c1cc2ccc(CN)cc2[nH]1. The van der Waals surface area contributed by atoms with Gasteiger partial charge in [-0.25, -0.2) is 0 Å². The summed E-state index contributed by atoms with van der Waals surface area (Å²) in [5, 5.41) is 4.95. The van der Waals surface area contributed by atoms with Crippen molar-refractivity contribution < 1.29 is 0 Å². The second-order valence-electron chi connectivity index (χ2n) is 6.61. The molecule has 3 rings (SSSR count). The Morgan fingerprint density at radius 1 is 1.30 bits per heavy atom. The molecule has 2 aromatic rings. The molecule has 104 valence electrons. The van der Waals surface area contributed by atoms with Gasteiger partial charge in [0.05, 0.1) is 0 Å². The Kier molecular flexibility index (Phi) is 3.65. The number of aromatic nitrogens is 1. The Labute approximate surface area is 122 Å². The van der Waals surface area contributed by atoms with E-state index in [1.165, 1.54) is 41.4 Å². The standard InChI is InChI=1S/C15H23B2N3/c16-15(17,19-9-10-2-1-3-10)14-7-12-5-4-11(8-18)6-13(12)20-14/h4-7,10,19-20H,1-3,8-9,16-18H2. The molecule has 1 heterocycles. The van der Waals surface area contributed by atoms with Crippen LogP contribution in [0.15, 0.2) is 24.3 Å². The van der Waals surface area contributed by atoms with E-state index in [2.05, 4.69) is 50.3 Å². The first-order valence-electron chi connectivity index (χ1n) is 7.66. The number of benzene rings is 1. The van der Waals surface area contributed by atoms with Crippen molar-refractivity contribution in [3.05, 3.63) is 35.5 Å². The summed E-state index contributed by atoms with van der Waals surface area (Å²) < 4.78 is 0. The first-order valence-corrected chi connectivity index (χ1v) is 7.66. The molecule has 0 radical (unpaired) electrons. The van der Waals surface area contributed by atoms with E-state index in [1.807, 2.05) is 0 Å². The molecule has 0 unspecified atom stereocenters. The van der Waals surface area contributed by atoms with Gasteiger partial charge in [0.15, 0.2) is 0 Å². The van der Waals surface area contributed by atoms with Gasteiger partial charge < -0.3 is 16.0 Å². The highest BCUT2D eigenvalue weighted by Crippen LogP contribution is 2.27. The van der Waals surface area contributed by atoms with Crippen molar-refractivity contribution in [2.75, 3.05) is 6.54 Å². The highest BCUT2D eigenvalue weighted by atomic mass is 15.0. The lowest BCUT2D eigenvalue weighted by Crippen LogP contribution is -2.46. The lowest BCUT2D eigenvalue weighted by Gasteiger charge is -2.32. The van der Waals surface area contributed by atoms with E-state index in [1.54, 1.807) is 0 Å². The van der Waals surface area contributed by atoms with Crippen molar-refractivity contribution >= 4 is 26.6 Å². The predicted octanol–water partition coefficient (Wildman–Crippen LogP) is 0.393. The molecule has 0 spiro atoms. The summed E-state index contributed by atoms with van der Waals surface area (Å²) in [7, 11) is 4.50. The molecule has 1 aliphatic rings. The molecule has 3 nitrogen and oxygen atoms in total. The number of rotatable bonds is 5. The molecule has 1 aromatic carbocycles. The van der Waals surface area contributed by atoms with Crippen LogP contribution >= 0.6 is 0 Å². The van der Waals surface area contributed by atoms with E-state index < -0.39 is 0 Å². The highest BCUT2D eigenvalue weighted by Gasteiger charge is 2.25. The van der Waals surface area contributed by atoms with Crippen molar-refractivity contribution in [3.63, 3.8) is 0 Å². The summed E-state index contributed by atoms with van der Waals surface area (Å²) in [4.78, 5) is 3.55. The molecule has 0 aliphatic heterocycles. The minimum atomic E-state index is -0.0164. The average molecular weight is 267 g/mol. The number of nitrogens with two attached hydrogens (primary N) is 1. The maximum absolute atomic E-state index is 5.71. The molecule has 1 saturated carbocycles. The van der Waals surface area contributed by atoms with Gasteiger partial charge in [0, 0.05) is 17.8 Å². The van der Waals surface area contributed by atoms with Gasteiger partial charge in [0.1, 0.15) is 15.7 Å². The third-order valence-corrected chi connectivity index (χ3v) is 4.65. The van der Waals surface area contributed by atoms with Crippen LogP contribution in [-0.2, 0) is 11.9 Å². The van der Waals surface area contributed by atoms with Crippen LogP contribution in [0.4, 0.5) is 0 Å². The van der Waals surface area contributed by atoms with E-state index in [9.17, 15) is 0 Å². The molecule has 0 bridgehead atoms. The zero-order chi connectivity index (χ0) is 14.2. The summed E-state index contributed by atoms with van der Waals surface area (Å²) >= 11 is 0. The monoisotopic (exact) mass is 267 g/mol. The number of fused-ring (bicyclic) bond motifs is 1. The molecule has 0 atom stereocenters. The fourth-order valence-electron chi connectivity index (χ4n) is 2.83. The predicted molar refractivity (Wildman–Crippen MR) is 90.3 cm³/mol. The van der Waals surface area contributed by atoms with Gasteiger partial charge in [-0.05, 0) is 53.7 Å². The van der Waals surface area contributed by atoms with E-state index in [0.717, 1.165) is 12.5 Å². The minimum absolute atomic E-state index is 0.0164.